The van der Waals surface area contributed by atoms with E-state index in [4.69, 9.17) is 21.5 Å². The molecule has 3 N–H and O–H groups in total. The molecule has 0 fully saturated rings. The Morgan fingerprint density at radius 2 is 2.12 bits per heavy atom. The van der Waals surface area contributed by atoms with Crippen LogP contribution in [0.25, 0.3) is 0 Å². The summed E-state index contributed by atoms with van der Waals surface area (Å²) in [6.45, 7) is -0.604. The van der Waals surface area contributed by atoms with E-state index in [9.17, 15) is 4.79 Å². The van der Waals surface area contributed by atoms with Crippen LogP contribution in [0, 0.1) is 12.3 Å². The molecule has 0 aliphatic heterocycles. The predicted molar refractivity (Wildman–Crippen MR) is 60.1 cm³/mol. The highest BCUT2D eigenvalue weighted by Crippen LogP contribution is 2.17. The summed E-state index contributed by atoms with van der Waals surface area (Å²) < 4.78 is 5.13. The predicted octanol–water partition coefficient (Wildman–Crippen LogP) is 0.223. The van der Waals surface area contributed by atoms with Crippen molar-refractivity contribution >= 4 is 5.91 Å². The van der Waals surface area contributed by atoms with Crippen LogP contribution in [0.3, 0.4) is 0 Å². The smallest absolute Gasteiger partial charge is 0.269 e. The first-order valence-corrected chi connectivity index (χ1v) is 4.93. The molecule has 0 aliphatic carbocycles. The van der Waals surface area contributed by atoms with E-state index in [1.54, 1.807) is 24.3 Å². The number of hydrogen-bond acceptors (Lipinski definition) is 4. The molecule has 0 spiro atoms. The Balaban J connectivity index is 2.66. The van der Waals surface area contributed by atoms with Crippen molar-refractivity contribution in [3.63, 3.8) is 0 Å². The number of hydroxylamine groups is 1. The van der Waals surface area contributed by atoms with Crippen molar-refractivity contribution in [3.05, 3.63) is 35.4 Å². The van der Waals surface area contributed by atoms with Gasteiger partial charge in [0, 0.05) is 5.56 Å². The van der Waals surface area contributed by atoms with Crippen molar-refractivity contribution in [2.75, 3.05) is 13.2 Å². The zero-order chi connectivity index (χ0) is 12.7. The lowest BCUT2D eigenvalue weighted by Gasteiger charge is -2.15. The fourth-order valence-corrected chi connectivity index (χ4v) is 1.26. The van der Waals surface area contributed by atoms with E-state index in [1.165, 1.54) is 5.48 Å². The standard InChI is InChI=1S/C12H13NO4/c1-2-9-3-5-10(6-4-9)11(7-14)17-8-12(15)13-16/h1,3-6,11,14,16H,7-8H2,(H,13,15)/t11-/m1/s1. The number of hydrogen-bond donors (Lipinski definition) is 3. The maximum absolute atomic E-state index is 10.8. The molecule has 5 nitrogen and oxygen atoms in total. The monoisotopic (exact) mass is 235 g/mol. The molecular formula is C12H13NO4. The molecule has 0 aliphatic rings. The number of nitrogens with one attached hydrogen (secondary N) is 1. The van der Waals surface area contributed by atoms with Gasteiger partial charge in [-0.05, 0) is 17.7 Å². The van der Waals surface area contributed by atoms with Crippen molar-refractivity contribution in [1.29, 1.82) is 0 Å². The van der Waals surface area contributed by atoms with Crippen LogP contribution in [0.15, 0.2) is 24.3 Å². The van der Waals surface area contributed by atoms with Gasteiger partial charge in [-0.1, -0.05) is 18.1 Å². The van der Waals surface area contributed by atoms with Gasteiger partial charge in [0.2, 0.25) is 0 Å². The molecule has 5 heteroatoms. The number of ether oxygens (including phenoxy) is 1. The molecule has 17 heavy (non-hydrogen) atoms. The third kappa shape index (κ3) is 3.89. The van der Waals surface area contributed by atoms with Gasteiger partial charge in [-0.2, -0.15) is 0 Å². The SMILES string of the molecule is C#Cc1ccc([C@@H](CO)OCC(=O)NO)cc1. The Kier molecular flexibility index (Phi) is 5.17. The number of amides is 1. The Hall–Kier alpha value is -1.87. The molecule has 0 heterocycles. The van der Waals surface area contributed by atoms with Crippen LogP contribution in [-0.4, -0.2) is 29.4 Å². The molecule has 0 aromatic heterocycles. The Bertz CT molecular complexity index is 408. The summed E-state index contributed by atoms with van der Waals surface area (Å²) in [5.74, 6) is 1.79. The summed E-state index contributed by atoms with van der Waals surface area (Å²) in [5.41, 5.74) is 2.87. The lowest BCUT2D eigenvalue weighted by atomic mass is 10.1. The maximum Gasteiger partial charge on any atom is 0.269 e. The number of rotatable bonds is 5. The van der Waals surface area contributed by atoms with Gasteiger partial charge in [-0.25, -0.2) is 5.48 Å². The number of carbonyl (C=O) groups excluding carboxylic acids is 1. The number of aliphatic hydroxyl groups excluding tert-OH is 1. The lowest BCUT2D eigenvalue weighted by molar-refractivity contribution is -0.137. The van der Waals surface area contributed by atoms with Crippen LogP contribution in [0.4, 0.5) is 0 Å². The Morgan fingerprint density at radius 3 is 2.59 bits per heavy atom. The van der Waals surface area contributed by atoms with Crippen LogP contribution >= 0.6 is 0 Å². The second-order valence-electron chi connectivity index (χ2n) is 3.28. The Morgan fingerprint density at radius 1 is 1.47 bits per heavy atom. The molecule has 1 amide bonds. The fraction of sp³-hybridized carbons (Fsp3) is 0.250. The van der Waals surface area contributed by atoms with Gasteiger partial charge in [0.15, 0.2) is 0 Å². The molecule has 0 radical (unpaired) electrons. The zero-order valence-corrected chi connectivity index (χ0v) is 9.09. The molecule has 0 bridgehead atoms. The van der Waals surface area contributed by atoms with Crippen LogP contribution in [0.1, 0.15) is 17.2 Å². The van der Waals surface area contributed by atoms with Crippen LogP contribution in [0.2, 0.25) is 0 Å². The van der Waals surface area contributed by atoms with E-state index >= 15 is 0 Å². The van der Waals surface area contributed by atoms with E-state index in [2.05, 4.69) is 5.92 Å². The number of terminal acetylenes is 1. The van der Waals surface area contributed by atoms with Gasteiger partial charge in [0.25, 0.3) is 5.91 Å². The summed E-state index contributed by atoms with van der Waals surface area (Å²) in [6.07, 6.45) is 4.59. The van der Waals surface area contributed by atoms with Crippen molar-refractivity contribution < 1.29 is 19.8 Å². The van der Waals surface area contributed by atoms with E-state index in [0.717, 1.165) is 5.56 Å². The van der Waals surface area contributed by atoms with Crippen molar-refractivity contribution in [1.82, 2.24) is 5.48 Å². The number of benzene rings is 1. The topological polar surface area (TPSA) is 78.8 Å². The van der Waals surface area contributed by atoms with Crippen molar-refractivity contribution in [3.8, 4) is 12.3 Å². The molecule has 1 aromatic carbocycles. The van der Waals surface area contributed by atoms with Crippen molar-refractivity contribution in [2.45, 2.75) is 6.10 Å². The minimum Gasteiger partial charge on any atom is -0.393 e. The van der Waals surface area contributed by atoms with Gasteiger partial charge in [-0.3, -0.25) is 10.0 Å². The third-order valence-corrected chi connectivity index (χ3v) is 2.16. The largest absolute Gasteiger partial charge is 0.393 e. The summed E-state index contributed by atoms with van der Waals surface area (Å²) >= 11 is 0. The normalized spacial score (nSPS) is 11.6. The lowest BCUT2D eigenvalue weighted by Crippen LogP contribution is -2.25. The van der Waals surface area contributed by atoms with Crippen LogP contribution in [0.5, 0.6) is 0 Å². The summed E-state index contributed by atoms with van der Waals surface area (Å²) in [4.78, 5) is 10.8. The molecule has 1 aromatic rings. The highest BCUT2D eigenvalue weighted by molar-refractivity contribution is 5.75. The fourth-order valence-electron chi connectivity index (χ4n) is 1.26. The average Bonchev–Trinajstić information content (AvgIpc) is 2.39. The van der Waals surface area contributed by atoms with Gasteiger partial charge < -0.3 is 9.84 Å². The molecular weight excluding hydrogens is 222 g/mol. The first-order valence-electron chi connectivity index (χ1n) is 4.93. The molecule has 1 atom stereocenters. The second-order valence-corrected chi connectivity index (χ2v) is 3.28. The zero-order valence-electron chi connectivity index (χ0n) is 9.09. The van der Waals surface area contributed by atoms with Gasteiger partial charge in [-0.15, -0.1) is 6.42 Å². The number of carbonyl (C=O) groups is 1. The summed E-state index contributed by atoms with van der Waals surface area (Å²) in [6, 6.07) is 6.86. The number of aliphatic hydroxyl groups is 1. The molecule has 0 saturated heterocycles. The summed E-state index contributed by atoms with van der Waals surface area (Å²) in [7, 11) is 0. The van der Waals surface area contributed by atoms with Gasteiger partial charge in [0.1, 0.15) is 12.7 Å². The molecule has 0 saturated carbocycles. The van der Waals surface area contributed by atoms with E-state index < -0.39 is 12.0 Å². The van der Waals surface area contributed by atoms with Crippen LogP contribution in [-0.2, 0) is 9.53 Å². The Labute approximate surface area is 99.0 Å². The maximum atomic E-state index is 10.8. The van der Waals surface area contributed by atoms with E-state index in [-0.39, 0.29) is 13.2 Å². The van der Waals surface area contributed by atoms with Crippen molar-refractivity contribution in [2.24, 2.45) is 0 Å². The highest BCUT2D eigenvalue weighted by Gasteiger charge is 2.12. The third-order valence-electron chi connectivity index (χ3n) is 2.16. The first kappa shape index (κ1) is 13.2. The minimum absolute atomic E-state index is 0.270. The van der Waals surface area contributed by atoms with Gasteiger partial charge in [0.05, 0.1) is 6.61 Å². The van der Waals surface area contributed by atoms with E-state index in [1.807, 2.05) is 0 Å². The first-order chi connectivity index (χ1) is 8.21. The summed E-state index contributed by atoms with van der Waals surface area (Å²) in [5, 5.41) is 17.4. The van der Waals surface area contributed by atoms with Crippen LogP contribution < -0.4 is 5.48 Å². The minimum atomic E-state index is -0.677. The molecule has 1 rings (SSSR count). The second kappa shape index (κ2) is 6.66. The molecule has 90 valence electrons. The average molecular weight is 235 g/mol. The highest BCUT2D eigenvalue weighted by atomic mass is 16.5. The quantitative estimate of drug-likeness (QED) is 0.387. The molecule has 0 unspecified atom stereocenters. The van der Waals surface area contributed by atoms with Gasteiger partial charge >= 0.3 is 0 Å². The van der Waals surface area contributed by atoms with E-state index in [0.29, 0.717) is 5.56 Å².